The molecule has 7 N–H and O–H groups in total. The Kier molecular flexibility index (Phi) is 37.3. The first-order valence-electron chi connectivity index (χ1n) is 9.77. The number of aliphatic hydroxyl groups excluding tert-OH is 4. The smallest absolute Gasteiger partial charge is 0.228 e. The van der Waals surface area contributed by atoms with Crippen molar-refractivity contribution in [2.45, 2.75) is 66.6 Å². The van der Waals surface area contributed by atoms with Gasteiger partial charge in [0.2, 0.25) is 11.8 Å². The van der Waals surface area contributed by atoms with Crippen LogP contribution >= 0.6 is 22.6 Å². The van der Waals surface area contributed by atoms with Crippen LogP contribution in [0.15, 0.2) is 18.7 Å². The van der Waals surface area contributed by atoms with Gasteiger partial charge in [0.05, 0.1) is 25.4 Å². The molecule has 188 valence electrons. The molecule has 1 aromatic heterocycles. The quantitative estimate of drug-likeness (QED) is 0.147. The van der Waals surface area contributed by atoms with Crippen molar-refractivity contribution in [1.82, 2.24) is 14.9 Å². The van der Waals surface area contributed by atoms with Crippen LogP contribution in [0.25, 0.3) is 0 Å². The summed E-state index contributed by atoms with van der Waals surface area (Å²) >= 11 is 1.96. The highest BCUT2D eigenvalue weighted by Crippen LogP contribution is 1.94. The molecule has 0 bridgehead atoms. The van der Waals surface area contributed by atoms with Crippen molar-refractivity contribution >= 4 is 34.4 Å². The van der Waals surface area contributed by atoms with Gasteiger partial charge in [0.25, 0.3) is 0 Å². The molecule has 11 heteroatoms. The van der Waals surface area contributed by atoms with E-state index in [4.69, 9.17) is 27.5 Å². The zero-order chi connectivity index (χ0) is 23.8. The summed E-state index contributed by atoms with van der Waals surface area (Å²) in [5, 5.41) is 36.8. The summed E-state index contributed by atoms with van der Waals surface area (Å²) in [6, 6.07) is 0. The van der Waals surface area contributed by atoms with E-state index < -0.39 is 12.2 Å². The van der Waals surface area contributed by atoms with Gasteiger partial charge >= 0.3 is 0 Å². The third kappa shape index (κ3) is 33.7. The van der Waals surface area contributed by atoms with E-state index >= 15 is 0 Å². The van der Waals surface area contributed by atoms with Crippen molar-refractivity contribution in [3.63, 3.8) is 0 Å². The fourth-order valence-corrected chi connectivity index (χ4v) is 1.58. The predicted molar refractivity (Wildman–Crippen MR) is 134 cm³/mol. The van der Waals surface area contributed by atoms with Crippen molar-refractivity contribution in [3.05, 3.63) is 18.7 Å². The number of amides is 1. The average molecular weight is 566 g/mol. The Morgan fingerprint density at radius 2 is 1.65 bits per heavy atom. The van der Waals surface area contributed by atoms with Gasteiger partial charge in [0.1, 0.15) is 6.33 Å². The van der Waals surface area contributed by atoms with Gasteiger partial charge in [-0.3, -0.25) is 14.2 Å². The minimum atomic E-state index is -0.649. The van der Waals surface area contributed by atoms with E-state index in [1.807, 2.05) is 22.6 Å². The van der Waals surface area contributed by atoms with Gasteiger partial charge in [-0.1, -0.05) is 37.4 Å². The molecule has 0 fully saturated rings. The van der Waals surface area contributed by atoms with Crippen LogP contribution in [0.2, 0.25) is 0 Å². The van der Waals surface area contributed by atoms with E-state index in [2.05, 4.69) is 10.3 Å². The van der Waals surface area contributed by atoms with Gasteiger partial charge in [-0.2, -0.15) is 0 Å². The van der Waals surface area contributed by atoms with E-state index in [-0.39, 0.29) is 39.9 Å². The van der Waals surface area contributed by atoms with Gasteiger partial charge in [-0.05, 0) is 37.1 Å². The molecule has 0 aliphatic rings. The molecule has 0 spiro atoms. The summed E-state index contributed by atoms with van der Waals surface area (Å²) in [7, 11) is 0. The highest BCUT2D eigenvalue weighted by Gasteiger charge is 2.00. The number of hydrogen-bond donors (Lipinski definition) is 6. The number of alkyl halides is 1. The second-order valence-corrected chi connectivity index (χ2v) is 5.72. The summed E-state index contributed by atoms with van der Waals surface area (Å²) in [4.78, 5) is 24.9. The lowest BCUT2D eigenvalue weighted by Gasteiger charge is -2.06. The summed E-state index contributed by atoms with van der Waals surface area (Å²) in [5.41, 5.74) is 5.14. The molecule has 0 aromatic carbocycles. The minimum Gasteiger partial charge on any atom is -0.394 e. The molecular formula is C20H45IN4O6. The number of rotatable bonds is 9. The van der Waals surface area contributed by atoms with Crippen LogP contribution in [0, 0.1) is 0 Å². The number of hydrogen-bond acceptors (Lipinski definition) is 8. The normalized spacial score (nSPS) is 11.0. The Labute approximate surface area is 202 Å². The van der Waals surface area contributed by atoms with E-state index in [0.29, 0.717) is 37.3 Å². The van der Waals surface area contributed by atoms with E-state index in [1.165, 1.54) is 24.7 Å². The largest absolute Gasteiger partial charge is 0.394 e. The molecule has 1 heterocycles. The molecule has 0 saturated heterocycles. The maximum Gasteiger partial charge on any atom is 0.228 e. The zero-order valence-electron chi connectivity index (χ0n) is 18.2. The number of nitrogens with one attached hydrogen (secondary N) is 1. The molecule has 0 aliphatic heterocycles. The highest BCUT2D eigenvalue weighted by atomic mass is 127. The summed E-state index contributed by atoms with van der Waals surface area (Å²) in [6.07, 6.45) is 6.04. The van der Waals surface area contributed by atoms with Crippen LogP contribution in [0.3, 0.4) is 0 Å². The standard InChI is InChI=1S/C7H15NO3.C5H6N2O.C5H13NO2.CH3I.2CH4/c1-6(10)8-4-2-3-7(11)5-9;1-5(8)7-3-2-6-4-7;6-3-1-2-5(8)4-7;1-2;;/h7,9,11H,2-5H2,1H3,(H,8,10);2-4H,1H3;5,7-8H,1-4,6H2;1H3;2*1H4/i;;;1D;;. The third-order valence-corrected chi connectivity index (χ3v) is 3.12. The second kappa shape index (κ2) is 31.1. The first-order chi connectivity index (χ1) is 14.2. The number of imidazole rings is 1. The minimum absolute atomic E-state index is 0. The Hall–Kier alpha value is -1.12. The number of nitrogens with zero attached hydrogens (tertiary/aromatic N) is 2. The predicted octanol–water partition coefficient (Wildman–Crippen LogP) is 1.20. The fourth-order valence-electron chi connectivity index (χ4n) is 1.58. The van der Waals surface area contributed by atoms with Crippen molar-refractivity contribution < 1.29 is 31.4 Å². The first-order valence-corrected chi connectivity index (χ1v) is 10.6. The van der Waals surface area contributed by atoms with Crippen molar-refractivity contribution in [2.24, 2.45) is 5.73 Å². The molecule has 2 atom stereocenters. The van der Waals surface area contributed by atoms with Crippen LogP contribution in [0.5, 0.6) is 0 Å². The number of aromatic nitrogens is 2. The second-order valence-electron chi connectivity index (χ2n) is 5.72. The first kappa shape index (κ1) is 37.2. The lowest BCUT2D eigenvalue weighted by atomic mass is 10.2. The average Bonchev–Trinajstić information content (AvgIpc) is 3.26. The Bertz CT molecular complexity index is 498. The topological polar surface area (TPSA) is 171 Å². The fraction of sp³-hybridized carbons (Fsp3) is 0.750. The van der Waals surface area contributed by atoms with Gasteiger partial charge in [-0.25, -0.2) is 4.98 Å². The number of halogens is 1. The zero-order valence-corrected chi connectivity index (χ0v) is 19.4. The maximum atomic E-state index is 10.4. The van der Waals surface area contributed by atoms with Crippen LogP contribution in [-0.4, -0.2) is 85.2 Å². The maximum absolute atomic E-state index is 10.4. The lowest BCUT2D eigenvalue weighted by Crippen LogP contribution is -2.22. The van der Waals surface area contributed by atoms with Gasteiger partial charge in [0.15, 0.2) is 0 Å². The molecule has 1 rings (SSSR count). The summed E-state index contributed by atoms with van der Waals surface area (Å²) in [6.45, 7) is 3.72. The van der Waals surface area contributed by atoms with Gasteiger partial charge < -0.3 is 31.5 Å². The van der Waals surface area contributed by atoms with E-state index in [0.717, 1.165) is 6.42 Å². The van der Waals surface area contributed by atoms with Crippen molar-refractivity contribution in [1.29, 1.82) is 0 Å². The van der Waals surface area contributed by atoms with Crippen molar-refractivity contribution in [2.75, 3.05) is 31.2 Å². The lowest BCUT2D eigenvalue weighted by molar-refractivity contribution is -0.119. The van der Waals surface area contributed by atoms with Crippen molar-refractivity contribution in [3.8, 4) is 0 Å². The van der Waals surface area contributed by atoms with Gasteiger partial charge in [0, 0.05) is 34.2 Å². The molecule has 1 amide bonds. The number of nitrogens with two attached hydrogens (primary N) is 1. The summed E-state index contributed by atoms with van der Waals surface area (Å²) < 4.78 is 7.61. The van der Waals surface area contributed by atoms with Gasteiger partial charge in [-0.15, -0.1) is 0 Å². The number of carbonyl (C=O) groups is 2. The Balaban J connectivity index is -0.000000105. The molecule has 31 heavy (non-hydrogen) atoms. The van der Waals surface area contributed by atoms with Crippen LogP contribution in [0.1, 0.15) is 60.5 Å². The Morgan fingerprint density at radius 1 is 1.16 bits per heavy atom. The highest BCUT2D eigenvalue weighted by molar-refractivity contribution is 14.1. The van der Waals surface area contributed by atoms with E-state index in [9.17, 15) is 9.59 Å². The molecule has 0 radical (unpaired) electrons. The number of aliphatic hydroxyl groups is 4. The molecule has 0 aliphatic carbocycles. The number of carbonyl (C=O) groups excluding carboxylic acids is 2. The molecule has 0 saturated carbocycles. The molecule has 1 aromatic rings. The van der Waals surface area contributed by atoms with Crippen LogP contribution in [-0.2, 0) is 4.79 Å². The SMILES string of the molecule is C.C.CC(=O)NCCCC(O)CO.CC(=O)n1ccnc1.NCCCC(O)CO.[2H]CI. The third-order valence-electron chi connectivity index (χ3n) is 3.12. The summed E-state index contributed by atoms with van der Waals surface area (Å²) in [5.74, 6) is -0.0778. The van der Waals surface area contributed by atoms with E-state index in [1.54, 1.807) is 12.4 Å². The molecule has 2 unspecified atom stereocenters. The van der Waals surface area contributed by atoms with Crippen LogP contribution < -0.4 is 11.1 Å². The molecular weight excluding hydrogens is 519 g/mol. The van der Waals surface area contributed by atoms with Crippen LogP contribution in [0.4, 0.5) is 0 Å². The monoisotopic (exact) mass is 565 g/mol. The Morgan fingerprint density at radius 3 is 1.94 bits per heavy atom. The molecule has 10 nitrogen and oxygen atoms in total.